The molecule has 0 atom stereocenters. The lowest BCUT2D eigenvalue weighted by molar-refractivity contribution is -0.132. The first-order valence-electron chi connectivity index (χ1n) is 13.9. The van der Waals surface area contributed by atoms with Gasteiger partial charge in [-0.2, -0.15) is 0 Å². The lowest BCUT2D eigenvalue weighted by atomic mass is 9.89. The maximum absolute atomic E-state index is 13.4. The number of likely N-dealkylation sites (tertiary alicyclic amines) is 2. The van der Waals surface area contributed by atoms with Crippen molar-refractivity contribution >= 4 is 23.4 Å². The number of nitrogens with zero attached hydrogens (tertiary/aromatic N) is 2. The molecule has 2 fully saturated rings. The van der Waals surface area contributed by atoms with Crippen molar-refractivity contribution in [1.82, 2.24) is 9.80 Å². The third-order valence-corrected chi connectivity index (χ3v) is 7.99. The Morgan fingerprint density at radius 2 is 1.61 bits per heavy atom. The second kappa shape index (κ2) is 12.5. The van der Waals surface area contributed by atoms with Crippen LogP contribution in [-0.4, -0.2) is 60.8 Å². The summed E-state index contributed by atoms with van der Waals surface area (Å²) in [6.07, 6.45) is 2.30. The van der Waals surface area contributed by atoms with E-state index >= 15 is 0 Å². The number of halogens is 2. The Bertz CT molecular complexity index is 1410. The number of hydrogen-bond donors (Lipinski definition) is 1. The van der Waals surface area contributed by atoms with Gasteiger partial charge in [0.2, 0.25) is 11.8 Å². The summed E-state index contributed by atoms with van der Waals surface area (Å²) in [6, 6.07) is 18.6. The number of para-hydroxylation sites is 1. The minimum atomic E-state index is -0.896. The van der Waals surface area contributed by atoms with Crippen molar-refractivity contribution in [2.24, 2.45) is 5.92 Å². The molecular formula is C32H33F2N3O4. The van der Waals surface area contributed by atoms with E-state index in [1.54, 1.807) is 23.1 Å². The van der Waals surface area contributed by atoms with Gasteiger partial charge in [0, 0.05) is 38.3 Å². The molecule has 7 nitrogen and oxygen atoms in total. The minimum Gasteiger partial charge on any atom is -0.496 e. The quantitative estimate of drug-likeness (QED) is 0.419. The van der Waals surface area contributed by atoms with Crippen LogP contribution in [-0.2, 0) is 16.0 Å². The van der Waals surface area contributed by atoms with E-state index in [1.165, 1.54) is 13.2 Å². The predicted octanol–water partition coefficient (Wildman–Crippen LogP) is 5.02. The van der Waals surface area contributed by atoms with Crippen LogP contribution >= 0.6 is 0 Å². The molecule has 0 aromatic heterocycles. The number of rotatable bonds is 8. The monoisotopic (exact) mass is 561 g/mol. The second-order valence-corrected chi connectivity index (χ2v) is 10.6. The van der Waals surface area contributed by atoms with E-state index in [4.69, 9.17) is 4.74 Å². The Balaban J connectivity index is 1.05. The standard InChI is InChI=1S/C32H33F2N3O4/c1-41-29-5-3-2-4-26(29)32(40)37-19-24(20-37)31(39)35-25-10-8-22(9-11-25)23-14-16-36(17-15-23)30(38)13-7-21-6-12-27(33)28(34)18-21/h2-6,8-12,18,23-24H,7,13-17,19-20H2,1H3,(H,35,39). The predicted molar refractivity (Wildman–Crippen MR) is 151 cm³/mol. The fourth-order valence-corrected chi connectivity index (χ4v) is 5.45. The molecule has 0 radical (unpaired) electrons. The molecule has 0 bridgehead atoms. The summed E-state index contributed by atoms with van der Waals surface area (Å²) in [5.74, 6) is -1.46. The molecule has 0 spiro atoms. The number of amides is 3. The maximum Gasteiger partial charge on any atom is 0.257 e. The third kappa shape index (κ3) is 6.56. The topological polar surface area (TPSA) is 79.0 Å². The average Bonchev–Trinajstić information content (AvgIpc) is 2.97. The fourth-order valence-electron chi connectivity index (χ4n) is 5.45. The third-order valence-electron chi connectivity index (χ3n) is 7.99. The summed E-state index contributed by atoms with van der Waals surface area (Å²) >= 11 is 0. The molecule has 0 saturated carbocycles. The van der Waals surface area contributed by atoms with Crippen molar-refractivity contribution in [3.63, 3.8) is 0 Å². The normalized spacial score (nSPS) is 15.8. The van der Waals surface area contributed by atoms with Crippen LogP contribution in [0.4, 0.5) is 14.5 Å². The van der Waals surface area contributed by atoms with E-state index in [2.05, 4.69) is 5.32 Å². The van der Waals surface area contributed by atoms with Crippen LogP contribution in [0, 0.1) is 17.6 Å². The van der Waals surface area contributed by atoms with Gasteiger partial charge in [-0.15, -0.1) is 0 Å². The molecule has 3 aromatic rings. The van der Waals surface area contributed by atoms with Crippen LogP contribution in [0.1, 0.15) is 46.7 Å². The number of methoxy groups -OCH3 is 1. The smallest absolute Gasteiger partial charge is 0.257 e. The van der Waals surface area contributed by atoms with Crippen molar-refractivity contribution in [3.05, 3.63) is 95.1 Å². The Hall–Kier alpha value is -4.27. The van der Waals surface area contributed by atoms with Crippen molar-refractivity contribution in [2.75, 3.05) is 38.6 Å². The zero-order chi connectivity index (χ0) is 28.9. The highest BCUT2D eigenvalue weighted by Gasteiger charge is 2.37. The average molecular weight is 562 g/mol. The van der Waals surface area contributed by atoms with Gasteiger partial charge in [0.05, 0.1) is 18.6 Å². The van der Waals surface area contributed by atoms with Crippen molar-refractivity contribution in [2.45, 2.75) is 31.6 Å². The van der Waals surface area contributed by atoms with Crippen molar-refractivity contribution < 1.29 is 27.9 Å². The molecule has 0 aliphatic carbocycles. The number of piperidine rings is 1. The molecular weight excluding hydrogens is 528 g/mol. The van der Waals surface area contributed by atoms with Gasteiger partial charge in [0.15, 0.2) is 11.6 Å². The first-order chi connectivity index (χ1) is 19.8. The van der Waals surface area contributed by atoms with Gasteiger partial charge < -0.3 is 19.9 Å². The number of nitrogens with one attached hydrogen (secondary N) is 1. The highest BCUT2D eigenvalue weighted by Crippen LogP contribution is 2.30. The number of carbonyl (C=O) groups is 3. The van der Waals surface area contributed by atoms with Crippen LogP contribution in [0.15, 0.2) is 66.7 Å². The number of anilines is 1. The summed E-state index contributed by atoms with van der Waals surface area (Å²) < 4.78 is 31.8. The van der Waals surface area contributed by atoms with E-state index < -0.39 is 11.6 Å². The molecule has 2 heterocycles. The zero-order valence-electron chi connectivity index (χ0n) is 22.9. The molecule has 3 amide bonds. The van der Waals surface area contributed by atoms with Crippen molar-refractivity contribution in [3.8, 4) is 5.75 Å². The van der Waals surface area contributed by atoms with Crippen molar-refractivity contribution in [1.29, 1.82) is 0 Å². The van der Waals surface area contributed by atoms with Gasteiger partial charge in [-0.25, -0.2) is 8.78 Å². The highest BCUT2D eigenvalue weighted by molar-refractivity contribution is 6.00. The molecule has 5 rings (SSSR count). The zero-order valence-corrected chi connectivity index (χ0v) is 22.9. The number of hydrogen-bond acceptors (Lipinski definition) is 4. The summed E-state index contributed by atoms with van der Waals surface area (Å²) in [5.41, 5.74) is 2.96. The van der Waals surface area contributed by atoms with Gasteiger partial charge in [-0.1, -0.05) is 30.3 Å². The van der Waals surface area contributed by atoms with Gasteiger partial charge in [0.25, 0.3) is 5.91 Å². The Morgan fingerprint density at radius 1 is 0.902 bits per heavy atom. The van der Waals surface area contributed by atoms with Gasteiger partial charge >= 0.3 is 0 Å². The molecule has 2 saturated heterocycles. The number of aryl methyl sites for hydroxylation is 1. The first kappa shape index (κ1) is 28.3. The molecule has 41 heavy (non-hydrogen) atoms. The van der Waals surface area contributed by atoms with Crippen LogP contribution in [0.5, 0.6) is 5.75 Å². The molecule has 3 aromatic carbocycles. The van der Waals surface area contributed by atoms with Crippen LogP contribution < -0.4 is 10.1 Å². The van der Waals surface area contributed by atoms with Gasteiger partial charge in [0.1, 0.15) is 5.75 Å². The van der Waals surface area contributed by atoms with Crippen LogP contribution in [0.25, 0.3) is 0 Å². The largest absolute Gasteiger partial charge is 0.496 e. The number of carbonyl (C=O) groups excluding carboxylic acids is 3. The first-order valence-corrected chi connectivity index (χ1v) is 13.9. The highest BCUT2D eigenvalue weighted by atomic mass is 19.2. The molecule has 2 aliphatic rings. The number of ether oxygens (including phenoxy) is 1. The Labute approximate surface area is 238 Å². The Kier molecular flexibility index (Phi) is 8.61. The minimum absolute atomic E-state index is 0.0189. The van der Waals surface area contributed by atoms with Gasteiger partial charge in [-0.3, -0.25) is 14.4 Å². The molecule has 214 valence electrons. The summed E-state index contributed by atoms with van der Waals surface area (Å²) in [5, 5.41) is 2.95. The lowest BCUT2D eigenvalue weighted by Gasteiger charge is -2.38. The lowest BCUT2D eigenvalue weighted by Crippen LogP contribution is -2.54. The van der Waals surface area contributed by atoms with E-state index in [-0.39, 0.29) is 30.1 Å². The van der Waals surface area contributed by atoms with E-state index in [0.29, 0.717) is 61.1 Å². The van der Waals surface area contributed by atoms with Gasteiger partial charge in [-0.05, 0) is 72.7 Å². The fraction of sp³-hybridized carbons (Fsp3) is 0.344. The van der Waals surface area contributed by atoms with E-state index in [0.717, 1.165) is 30.5 Å². The second-order valence-electron chi connectivity index (χ2n) is 10.6. The summed E-state index contributed by atoms with van der Waals surface area (Å²) in [4.78, 5) is 41.6. The summed E-state index contributed by atoms with van der Waals surface area (Å²) in [7, 11) is 1.53. The molecule has 1 N–H and O–H groups in total. The van der Waals surface area contributed by atoms with Crippen LogP contribution in [0.3, 0.4) is 0 Å². The molecule has 9 heteroatoms. The van der Waals surface area contributed by atoms with Crippen LogP contribution in [0.2, 0.25) is 0 Å². The van der Waals surface area contributed by atoms with E-state index in [9.17, 15) is 23.2 Å². The Morgan fingerprint density at radius 3 is 2.29 bits per heavy atom. The molecule has 2 aliphatic heterocycles. The maximum atomic E-state index is 13.4. The van der Waals surface area contributed by atoms with E-state index in [1.807, 2.05) is 35.2 Å². The summed E-state index contributed by atoms with van der Waals surface area (Å²) in [6.45, 7) is 2.01. The number of benzene rings is 3. The SMILES string of the molecule is COc1ccccc1C(=O)N1CC(C(=O)Nc2ccc(C3CCN(C(=O)CCc4ccc(F)c(F)c4)CC3)cc2)C1. The molecule has 0 unspecified atom stereocenters.